The molecule has 1 atom stereocenters. The molecule has 1 aliphatic carbocycles. The van der Waals surface area contributed by atoms with E-state index in [0.29, 0.717) is 31.5 Å². The zero-order valence-corrected chi connectivity index (χ0v) is 17.0. The summed E-state index contributed by atoms with van der Waals surface area (Å²) in [5.41, 5.74) is -1.44. The van der Waals surface area contributed by atoms with Crippen LogP contribution in [-0.2, 0) is 9.53 Å². The number of halogens is 5. The van der Waals surface area contributed by atoms with Crippen molar-refractivity contribution in [2.45, 2.75) is 63.3 Å². The average Bonchev–Trinajstić information content (AvgIpc) is 3.01. The number of aliphatic hydroxyl groups is 1. The van der Waals surface area contributed by atoms with Gasteiger partial charge in [0.15, 0.2) is 6.10 Å². The van der Waals surface area contributed by atoms with Crippen molar-refractivity contribution in [1.82, 2.24) is 4.98 Å². The van der Waals surface area contributed by atoms with Crippen molar-refractivity contribution in [2.24, 2.45) is 5.41 Å². The Labute approximate surface area is 176 Å². The number of hydrogen-bond acceptors (Lipinski definition) is 5. The minimum absolute atomic E-state index is 0.137. The van der Waals surface area contributed by atoms with Gasteiger partial charge in [-0.1, -0.05) is 0 Å². The van der Waals surface area contributed by atoms with E-state index >= 15 is 0 Å². The molecule has 1 spiro atoms. The van der Waals surface area contributed by atoms with E-state index in [4.69, 9.17) is 9.47 Å². The Morgan fingerprint density at radius 1 is 1.19 bits per heavy atom. The molecule has 0 radical (unpaired) electrons. The van der Waals surface area contributed by atoms with Gasteiger partial charge in [0, 0.05) is 12.6 Å². The molecule has 1 saturated heterocycles. The molecule has 1 aromatic heterocycles. The lowest BCUT2D eigenvalue weighted by Crippen LogP contribution is -2.46. The second kappa shape index (κ2) is 8.85. The lowest BCUT2D eigenvalue weighted by Gasteiger charge is -2.40. The fraction of sp³-hybridized carbons (Fsp3) is 0.700. The molecular weight excluding hydrogens is 427 g/mol. The second-order valence-corrected chi connectivity index (χ2v) is 8.27. The maximum absolute atomic E-state index is 13.1. The summed E-state index contributed by atoms with van der Waals surface area (Å²) in [6.45, 7) is 0.355. The van der Waals surface area contributed by atoms with E-state index < -0.39 is 36.3 Å². The van der Waals surface area contributed by atoms with E-state index in [1.54, 1.807) is 0 Å². The fourth-order valence-electron chi connectivity index (χ4n) is 4.06. The van der Waals surface area contributed by atoms with E-state index in [-0.39, 0.29) is 31.2 Å². The van der Waals surface area contributed by atoms with Crippen LogP contribution in [0.15, 0.2) is 18.3 Å². The summed E-state index contributed by atoms with van der Waals surface area (Å²) in [5, 5.41) is 10.6. The summed E-state index contributed by atoms with van der Waals surface area (Å²) in [7, 11) is 0. The zero-order chi connectivity index (χ0) is 22.9. The SMILES string of the molecule is C[C@@H](Oc1ccc(N2CC[C@]3(CC[C@@](O)(COCC(F)F)CC3)C2=O)cn1)C(F)(F)F. The second-order valence-electron chi connectivity index (χ2n) is 8.27. The Balaban J connectivity index is 1.59. The molecule has 2 aliphatic rings. The first-order chi connectivity index (χ1) is 14.4. The van der Waals surface area contributed by atoms with Crippen molar-refractivity contribution in [2.75, 3.05) is 24.7 Å². The summed E-state index contributed by atoms with van der Waals surface area (Å²) < 4.78 is 71.9. The van der Waals surface area contributed by atoms with Crippen LogP contribution >= 0.6 is 0 Å². The molecule has 1 N–H and O–H groups in total. The van der Waals surface area contributed by atoms with Crippen LogP contribution in [0.2, 0.25) is 0 Å². The smallest absolute Gasteiger partial charge is 0.425 e. The van der Waals surface area contributed by atoms with Crippen molar-refractivity contribution >= 4 is 11.6 Å². The van der Waals surface area contributed by atoms with Gasteiger partial charge in [0.1, 0.15) is 6.61 Å². The van der Waals surface area contributed by atoms with Crippen LogP contribution in [0.3, 0.4) is 0 Å². The van der Waals surface area contributed by atoms with E-state index in [2.05, 4.69) is 4.98 Å². The molecule has 0 aromatic carbocycles. The molecule has 1 saturated carbocycles. The van der Waals surface area contributed by atoms with Crippen LogP contribution in [0.5, 0.6) is 5.88 Å². The molecule has 174 valence electrons. The van der Waals surface area contributed by atoms with Crippen molar-refractivity contribution < 1.29 is 41.3 Å². The molecule has 0 unspecified atom stereocenters. The largest absolute Gasteiger partial charge is 0.465 e. The summed E-state index contributed by atoms with van der Waals surface area (Å²) in [6, 6.07) is 2.77. The highest BCUT2D eigenvalue weighted by atomic mass is 19.4. The molecule has 2 heterocycles. The number of anilines is 1. The molecule has 1 amide bonds. The zero-order valence-electron chi connectivity index (χ0n) is 17.0. The van der Waals surface area contributed by atoms with Crippen LogP contribution in [0.4, 0.5) is 27.6 Å². The van der Waals surface area contributed by atoms with Crippen LogP contribution in [0.25, 0.3) is 0 Å². The third-order valence-corrected chi connectivity index (χ3v) is 6.06. The summed E-state index contributed by atoms with van der Waals surface area (Å²) >= 11 is 0. The quantitative estimate of drug-likeness (QED) is 0.639. The molecule has 3 rings (SSSR count). The topological polar surface area (TPSA) is 71.9 Å². The maximum Gasteiger partial charge on any atom is 0.425 e. The maximum atomic E-state index is 13.1. The minimum Gasteiger partial charge on any atom is -0.465 e. The molecule has 31 heavy (non-hydrogen) atoms. The number of carbonyl (C=O) groups is 1. The number of hydrogen-bond donors (Lipinski definition) is 1. The molecule has 1 aromatic rings. The monoisotopic (exact) mass is 452 g/mol. The van der Waals surface area contributed by atoms with Gasteiger partial charge in [-0.25, -0.2) is 13.8 Å². The number of alkyl halides is 5. The standard InChI is InChI=1S/C20H25F5N2O4/c1-13(20(23,24)25)31-16-3-2-14(10-26-16)27-9-8-18(17(27)28)4-6-19(29,7-5-18)12-30-11-15(21)22/h2-3,10,13,15,29H,4-9,11-12H2,1H3/t13-,18-,19+/m1/s1. The van der Waals surface area contributed by atoms with Gasteiger partial charge in [0.2, 0.25) is 11.8 Å². The Morgan fingerprint density at radius 3 is 2.42 bits per heavy atom. The average molecular weight is 452 g/mol. The van der Waals surface area contributed by atoms with Gasteiger partial charge in [-0.05, 0) is 45.1 Å². The van der Waals surface area contributed by atoms with E-state index in [1.165, 1.54) is 23.2 Å². The Bertz CT molecular complexity index is 764. The highest BCUT2D eigenvalue weighted by Gasteiger charge is 2.51. The van der Waals surface area contributed by atoms with Crippen LogP contribution in [0, 0.1) is 5.41 Å². The van der Waals surface area contributed by atoms with Crippen molar-refractivity contribution in [3.05, 3.63) is 18.3 Å². The predicted octanol–water partition coefficient (Wildman–Crippen LogP) is 3.72. The van der Waals surface area contributed by atoms with Gasteiger partial charge < -0.3 is 19.5 Å². The highest BCUT2D eigenvalue weighted by molar-refractivity contribution is 5.99. The van der Waals surface area contributed by atoms with E-state index in [1.807, 2.05) is 0 Å². The van der Waals surface area contributed by atoms with Crippen molar-refractivity contribution in [3.63, 3.8) is 0 Å². The summed E-state index contributed by atoms with van der Waals surface area (Å²) in [6.07, 6.45) is -5.95. The third kappa shape index (κ3) is 5.43. The van der Waals surface area contributed by atoms with Crippen LogP contribution < -0.4 is 9.64 Å². The van der Waals surface area contributed by atoms with Crippen molar-refractivity contribution in [3.8, 4) is 5.88 Å². The molecule has 0 bridgehead atoms. The minimum atomic E-state index is -4.51. The molecule has 6 nitrogen and oxygen atoms in total. The number of amides is 1. The number of nitrogens with zero attached hydrogens (tertiary/aromatic N) is 2. The number of rotatable bonds is 7. The van der Waals surface area contributed by atoms with E-state index in [9.17, 15) is 31.9 Å². The lowest BCUT2D eigenvalue weighted by atomic mass is 9.68. The number of carbonyl (C=O) groups excluding carboxylic acids is 1. The predicted molar refractivity (Wildman–Crippen MR) is 100 cm³/mol. The van der Waals surface area contributed by atoms with Gasteiger partial charge >= 0.3 is 6.18 Å². The van der Waals surface area contributed by atoms with Crippen molar-refractivity contribution in [1.29, 1.82) is 0 Å². The Kier molecular flexibility index (Phi) is 6.75. The summed E-state index contributed by atoms with van der Waals surface area (Å²) in [4.78, 5) is 18.5. The molecule has 1 aliphatic heterocycles. The van der Waals surface area contributed by atoms with Gasteiger partial charge in [-0.15, -0.1) is 0 Å². The number of aromatic nitrogens is 1. The third-order valence-electron chi connectivity index (χ3n) is 6.06. The normalized spacial score (nSPS) is 27.9. The van der Waals surface area contributed by atoms with Crippen LogP contribution in [-0.4, -0.2) is 60.1 Å². The highest BCUT2D eigenvalue weighted by Crippen LogP contribution is 2.48. The lowest BCUT2D eigenvalue weighted by molar-refractivity contribution is -0.189. The van der Waals surface area contributed by atoms with Gasteiger partial charge in [-0.2, -0.15) is 13.2 Å². The Hall–Kier alpha value is -2.01. The Morgan fingerprint density at radius 2 is 1.87 bits per heavy atom. The first-order valence-corrected chi connectivity index (χ1v) is 10.0. The molecular formula is C20H25F5N2O4. The molecule has 11 heteroatoms. The molecule has 2 fully saturated rings. The van der Waals surface area contributed by atoms with Crippen LogP contribution in [0.1, 0.15) is 39.0 Å². The van der Waals surface area contributed by atoms with Gasteiger partial charge in [-0.3, -0.25) is 4.79 Å². The van der Waals surface area contributed by atoms with Gasteiger partial charge in [0.25, 0.3) is 6.43 Å². The number of ether oxygens (including phenoxy) is 2. The fourth-order valence-corrected chi connectivity index (χ4v) is 4.06. The van der Waals surface area contributed by atoms with E-state index in [0.717, 1.165) is 6.92 Å². The number of pyridine rings is 1. The first-order valence-electron chi connectivity index (χ1n) is 10.0. The summed E-state index contributed by atoms with van der Waals surface area (Å²) in [5.74, 6) is -0.330. The van der Waals surface area contributed by atoms with Gasteiger partial charge in [0.05, 0.1) is 29.5 Å². The first kappa shape index (κ1) is 23.6.